The van der Waals surface area contributed by atoms with Crippen LogP contribution in [-0.4, -0.2) is 40.8 Å². The Balaban J connectivity index is 2.18. The topological polar surface area (TPSA) is 60.8 Å². The third-order valence-corrected chi connectivity index (χ3v) is 3.46. The molecule has 1 aliphatic rings. The lowest BCUT2D eigenvalue weighted by atomic mass is 10.0. The van der Waals surface area contributed by atoms with Crippen molar-refractivity contribution in [3.63, 3.8) is 0 Å². The van der Waals surface area contributed by atoms with Gasteiger partial charge in [0.05, 0.1) is 6.04 Å². The van der Waals surface area contributed by atoms with Crippen LogP contribution >= 0.6 is 0 Å². The van der Waals surface area contributed by atoms with Gasteiger partial charge in [0.1, 0.15) is 0 Å². The van der Waals surface area contributed by atoms with Gasteiger partial charge in [0, 0.05) is 32.1 Å². The van der Waals surface area contributed by atoms with Crippen molar-refractivity contribution >= 4 is 5.91 Å². The molecule has 2 N–H and O–H groups in total. The molecule has 18 heavy (non-hydrogen) atoms. The van der Waals surface area contributed by atoms with Crippen LogP contribution in [0.1, 0.15) is 24.4 Å². The summed E-state index contributed by atoms with van der Waals surface area (Å²) >= 11 is 0. The molecule has 1 saturated heterocycles. The van der Waals surface area contributed by atoms with E-state index in [0.717, 1.165) is 5.56 Å². The maximum absolute atomic E-state index is 12.0. The molecule has 2 unspecified atom stereocenters. The molecule has 98 valence electrons. The average Bonchev–Trinajstić information content (AvgIpc) is 2.78. The van der Waals surface area contributed by atoms with Crippen molar-refractivity contribution in [3.8, 4) is 0 Å². The Labute approximate surface area is 107 Å². The molecule has 2 rings (SSSR count). The first kappa shape index (κ1) is 13.1. The maximum Gasteiger partial charge on any atom is 0.223 e. The molecule has 0 aliphatic carbocycles. The molecule has 1 fully saturated rings. The highest BCUT2D eigenvalue weighted by molar-refractivity contribution is 5.79. The minimum atomic E-state index is -0.0831. The number of hydrogen-bond donors (Lipinski definition) is 2. The minimum absolute atomic E-state index is 0.0300. The molecule has 0 saturated carbocycles. The fourth-order valence-corrected chi connectivity index (χ4v) is 2.53. The van der Waals surface area contributed by atoms with Gasteiger partial charge in [0.2, 0.25) is 5.91 Å². The second kappa shape index (κ2) is 5.98. The van der Waals surface area contributed by atoms with Gasteiger partial charge in [-0.2, -0.15) is 0 Å². The summed E-state index contributed by atoms with van der Waals surface area (Å²) in [7, 11) is 0. The van der Waals surface area contributed by atoms with E-state index >= 15 is 0 Å². The predicted molar refractivity (Wildman–Crippen MR) is 67.8 cm³/mol. The number of carbonyl (C=O) groups is 1. The molecule has 0 spiro atoms. The second-order valence-electron chi connectivity index (χ2n) is 4.74. The van der Waals surface area contributed by atoms with E-state index in [4.69, 9.17) is 5.11 Å². The zero-order valence-corrected chi connectivity index (χ0v) is 10.3. The van der Waals surface area contributed by atoms with Gasteiger partial charge in [-0.1, -0.05) is 30.3 Å². The van der Waals surface area contributed by atoms with Crippen molar-refractivity contribution in [1.29, 1.82) is 0 Å². The number of aliphatic hydroxyl groups is 2. The minimum Gasteiger partial charge on any atom is -0.396 e. The molecule has 1 aromatic carbocycles. The van der Waals surface area contributed by atoms with Gasteiger partial charge < -0.3 is 15.1 Å². The Bertz CT molecular complexity index is 393. The molecule has 2 atom stereocenters. The van der Waals surface area contributed by atoms with Crippen LogP contribution in [0.2, 0.25) is 0 Å². The summed E-state index contributed by atoms with van der Waals surface area (Å²) in [6.45, 7) is 0.672. The van der Waals surface area contributed by atoms with E-state index in [1.165, 1.54) is 0 Å². The van der Waals surface area contributed by atoms with Crippen molar-refractivity contribution in [2.45, 2.75) is 18.9 Å². The molecule has 1 heterocycles. The molecule has 1 aromatic rings. The highest BCUT2D eigenvalue weighted by Crippen LogP contribution is 2.30. The Kier molecular flexibility index (Phi) is 4.33. The highest BCUT2D eigenvalue weighted by atomic mass is 16.3. The van der Waals surface area contributed by atoms with Crippen LogP contribution in [0.25, 0.3) is 0 Å². The molecular formula is C14H19NO3. The summed E-state index contributed by atoms with van der Waals surface area (Å²) in [6, 6.07) is 9.66. The summed E-state index contributed by atoms with van der Waals surface area (Å²) in [4.78, 5) is 13.8. The highest BCUT2D eigenvalue weighted by Gasteiger charge is 2.34. The lowest BCUT2D eigenvalue weighted by Crippen LogP contribution is -2.31. The van der Waals surface area contributed by atoms with Gasteiger partial charge in [0.15, 0.2) is 0 Å². The van der Waals surface area contributed by atoms with E-state index in [9.17, 15) is 9.90 Å². The van der Waals surface area contributed by atoms with Crippen LogP contribution in [0.4, 0.5) is 0 Å². The summed E-state index contributed by atoms with van der Waals surface area (Å²) in [5.41, 5.74) is 1.04. The van der Waals surface area contributed by atoms with Crippen LogP contribution in [0.5, 0.6) is 0 Å². The number of carbonyl (C=O) groups excluding carboxylic acids is 1. The predicted octanol–water partition coefficient (Wildman–Crippen LogP) is 0.951. The number of nitrogens with zero attached hydrogens (tertiary/aromatic N) is 1. The third-order valence-electron chi connectivity index (χ3n) is 3.46. The van der Waals surface area contributed by atoms with Crippen molar-refractivity contribution in [2.75, 3.05) is 19.8 Å². The van der Waals surface area contributed by atoms with Gasteiger partial charge in [-0.3, -0.25) is 4.79 Å². The standard InChI is InChI=1S/C14H19NO3/c16-7-6-13(12-4-2-1-3-5-12)15-9-11(10-17)8-14(15)18/h1-5,11,13,16-17H,6-10H2. The lowest BCUT2D eigenvalue weighted by molar-refractivity contribution is -0.130. The van der Waals surface area contributed by atoms with Crippen molar-refractivity contribution in [3.05, 3.63) is 35.9 Å². The first-order chi connectivity index (χ1) is 8.76. The molecule has 0 radical (unpaired) electrons. The Hall–Kier alpha value is -1.39. The molecule has 0 bridgehead atoms. The monoisotopic (exact) mass is 249 g/mol. The van der Waals surface area contributed by atoms with Crippen LogP contribution in [0, 0.1) is 5.92 Å². The number of likely N-dealkylation sites (tertiary alicyclic amines) is 1. The van der Waals surface area contributed by atoms with Crippen molar-refractivity contribution < 1.29 is 15.0 Å². The molecular weight excluding hydrogens is 230 g/mol. The van der Waals surface area contributed by atoms with E-state index in [2.05, 4.69) is 0 Å². The summed E-state index contributed by atoms with van der Waals surface area (Å²) < 4.78 is 0. The first-order valence-corrected chi connectivity index (χ1v) is 6.32. The normalized spacial score (nSPS) is 21.3. The van der Waals surface area contributed by atoms with Crippen molar-refractivity contribution in [2.24, 2.45) is 5.92 Å². The quantitative estimate of drug-likeness (QED) is 0.817. The zero-order chi connectivity index (χ0) is 13.0. The molecule has 1 aliphatic heterocycles. The van der Waals surface area contributed by atoms with E-state index < -0.39 is 0 Å². The second-order valence-corrected chi connectivity index (χ2v) is 4.74. The summed E-state index contributed by atoms with van der Waals surface area (Å²) in [5, 5.41) is 18.3. The van der Waals surface area contributed by atoms with Crippen LogP contribution in [-0.2, 0) is 4.79 Å². The molecule has 1 amide bonds. The Morgan fingerprint density at radius 2 is 2.00 bits per heavy atom. The number of benzene rings is 1. The number of rotatable bonds is 5. The number of hydrogen-bond acceptors (Lipinski definition) is 3. The van der Waals surface area contributed by atoms with Crippen molar-refractivity contribution in [1.82, 2.24) is 4.90 Å². The van der Waals surface area contributed by atoms with Crippen LogP contribution < -0.4 is 0 Å². The van der Waals surface area contributed by atoms with Gasteiger partial charge in [-0.05, 0) is 12.0 Å². The largest absolute Gasteiger partial charge is 0.396 e. The third kappa shape index (κ3) is 2.71. The van der Waals surface area contributed by atoms with Gasteiger partial charge in [-0.15, -0.1) is 0 Å². The fourth-order valence-electron chi connectivity index (χ4n) is 2.53. The van der Waals surface area contributed by atoms with E-state index in [1.54, 1.807) is 4.90 Å². The average molecular weight is 249 g/mol. The smallest absolute Gasteiger partial charge is 0.223 e. The van der Waals surface area contributed by atoms with E-state index in [1.807, 2.05) is 30.3 Å². The van der Waals surface area contributed by atoms with E-state index in [-0.39, 0.29) is 31.1 Å². The SMILES string of the molecule is O=C1CC(CO)CN1C(CCO)c1ccccc1. The number of amides is 1. The lowest BCUT2D eigenvalue weighted by Gasteiger charge is -2.28. The molecule has 4 nitrogen and oxygen atoms in total. The molecule has 4 heteroatoms. The maximum atomic E-state index is 12.0. The first-order valence-electron chi connectivity index (χ1n) is 6.32. The molecule has 0 aromatic heterocycles. The Morgan fingerprint density at radius 1 is 1.28 bits per heavy atom. The van der Waals surface area contributed by atoms with Crippen LogP contribution in [0.3, 0.4) is 0 Å². The van der Waals surface area contributed by atoms with Gasteiger partial charge >= 0.3 is 0 Å². The van der Waals surface area contributed by atoms with E-state index in [0.29, 0.717) is 19.4 Å². The Morgan fingerprint density at radius 3 is 2.56 bits per heavy atom. The summed E-state index contributed by atoms with van der Waals surface area (Å²) in [6.07, 6.45) is 0.944. The summed E-state index contributed by atoms with van der Waals surface area (Å²) in [5.74, 6) is 0.0961. The number of aliphatic hydroxyl groups excluding tert-OH is 2. The van der Waals surface area contributed by atoms with Gasteiger partial charge in [-0.25, -0.2) is 0 Å². The fraction of sp³-hybridized carbons (Fsp3) is 0.500. The zero-order valence-electron chi connectivity index (χ0n) is 10.3. The van der Waals surface area contributed by atoms with Crippen LogP contribution in [0.15, 0.2) is 30.3 Å². The van der Waals surface area contributed by atoms with Gasteiger partial charge in [0.25, 0.3) is 0 Å².